The van der Waals surface area contributed by atoms with E-state index < -0.39 is 5.60 Å². The van der Waals surface area contributed by atoms with Gasteiger partial charge in [-0.15, -0.1) is 0 Å². The molecule has 1 aromatic heterocycles. The van der Waals surface area contributed by atoms with Crippen molar-refractivity contribution in [1.29, 1.82) is 5.26 Å². The maximum absolute atomic E-state index is 13.5. The second kappa shape index (κ2) is 12.7. The number of benzene rings is 1. The number of allylic oxidation sites excluding steroid dienone is 1. The highest BCUT2D eigenvalue weighted by molar-refractivity contribution is 5.94. The highest BCUT2D eigenvalue weighted by Crippen LogP contribution is 2.35. The van der Waals surface area contributed by atoms with E-state index in [1.165, 1.54) is 0 Å². The Balaban J connectivity index is 1.51. The molecule has 7 heteroatoms. The molecule has 2 unspecified atom stereocenters. The molecule has 0 bridgehead atoms. The first-order valence-electron chi connectivity index (χ1n) is 14.5. The van der Waals surface area contributed by atoms with Gasteiger partial charge in [0.25, 0.3) is 0 Å². The second-order valence-corrected chi connectivity index (χ2v) is 11.9. The second-order valence-electron chi connectivity index (χ2n) is 11.9. The topological polar surface area (TPSA) is 93.3 Å². The van der Waals surface area contributed by atoms with Crippen LogP contribution in [0.2, 0.25) is 0 Å². The van der Waals surface area contributed by atoms with Gasteiger partial charge in [-0.3, -0.25) is 14.7 Å². The molecule has 4 rings (SSSR count). The van der Waals surface area contributed by atoms with E-state index in [2.05, 4.69) is 47.1 Å². The Hall–Kier alpha value is -3.24. The average Bonchev–Trinajstić information content (AvgIpc) is 2.89. The molecular weight excluding hydrogens is 486 g/mol. The van der Waals surface area contributed by atoms with Crippen molar-refractivity contribution in [2.45, 2.75) is 84.7 Å². The number of anilines is 2. The van der Waals surface area contributed by atoms with Crippen LogP contribution in [0.25, 0.3) is 0 Å². The Labute approximate surface area is 233 Å². The fourth-order valence-corrected chi connectivity index (χ4v) is 5.68. The van der Waals surface area contributed by atoms with E-state index in [1.807, 2.05) is 23.1 Å². The van der Waals surface area contributed by atoms with E-state index in [9.17, 15) is 15.2 Å². The Kier molecular flexibility index (Phi) is 9.40. The van der Waals surface area contributed by atoms with Crippen molar-refractivity contribution in [2.75, 3.05) is 22.9 Å². The van der Waals surface area contributed by atoms with Crippen LogP contribution in [0.1, 0.15) is 89.0 Å². The number of aliphatic hydroxyl groups is 1. The van der Waals surface area contributed by atoms with Crippen LogP contribution in [0.4, 0.5) is 11.5 Å². The predicted octanol–water partition coefficient (Wildman–Crippen LogP) is 6.25. The molecule has 39 heavy (non-hydrogen) atoms. The largest absolute Gasteiger partial charge is 0.384 e. The molecule has 0 saturated heterocycles. The summed E-state index contributed by atoms with van der Waals surface area (Å²) in [4.78, 5) is 26.7. The summed E-state index contributed by atoms with van der Waals surface area (Å²) in [5, 5.41) is 19.8. The molecule has 2 atom stereocenters. The van der Waals surface area contributed by atoms with Crippen LogP contribution in [0.3, 0.4) is 0 Å². The molecule has 1 N–H and O–H groups in total. The van der Waals surface area contributed by atoms with E-state index in [0.29, 0.717) is 35.5 Å². The number of aryl methyl sites for hydroxylation is 1. The number of hydrogen-bond acceptors (Lipinski definition) is 6. The van der Waals surface area contributed by atoms with Gasteiger partial charge in [0.1, 0.15) is 5.60 Å². The van der Waals surface area contributed by atoms with E-state index in [4.69, 9.17) is 0 Å². The van der Waals surface area contributed by atoms with Crippen molar-refractivity contribution in [2.24, 2.45) is 17.8 Å². The molecule has 0 spiro atoms. The number of aromatic nitrogens is 2. The first-order valence-corrected chi connectivity index (χ1v) is 14.5. The summed E-state index contributed by atoms with van der Waals surface area (Å²) in [7, 11) is 0. The fraction of sp³-hybridized carbons (Fsp3) is 0.562. The number of carbonyl (C=O) groups excluding carboxylic acids is 1. The molecular formula is C32H43N5O2. The number of carbonyl (C=O) groups is 1. The van der Waals surface area contributed by atoms with Crippen LogP contribution < -0.4 is 9.80 Å². The average molecular weight is 530 g/mol. The van der Waals surface area contributed by atoms with Gasteiger partial charge in [0.2, 0.25) is 5.91 Å². The molecule has 208 valence electrons. The van der Waals surface area contributed by atoms with E-state index in [1.54, 1.807) is 26.2 Å². The summed E-state index contributed by atoms with van der Waals surface area (Å²) in [6.45, 7) is 9.14. The van der Waals surface area contributed by atoms with Crippen molar-refractivity contribution < 1.29 is 9.90 Å². The number of nitrogens with zero attached hydrogens (tertiary/aromatic N) is 5. The van der Waals surface area contributed by atoms with Crippen LogP contribution in [0.15, 0.2) is 42.9 Å². The van der Waals surface area contributed by atoms with Crippen LogP contribution in [0, 0.1) is 36.0 Å². The van der Waals surface area contributed by atoms with Crippen molar-refractivity contribution in [3.05, 3.63) is 59.7 Å². The lowest BCUT2D eigenvalue weighted by Gasteiger charge is -2.37. The van der Waals surface area contributed by atoms with Crippen LogP contribution >= 0.6 is 0 Å². The van der Waals surface area contributed by atoms with E-state index >= 15 is 0 Å². The van der Waals surface area contributed by atoms with Gasteiger partial charge in [-0.05, 0) is 88.8 Å². The third-order valence-electron chi connectivity index (χ3n) is 8.22. The molecule has 2 aromatic rings. The molecule has 2 aliphatic carbocycles. The molecule has 2 fully saturated rings. The van der Waals surface area contributed by atoms with Gasteiger partial charge in [0.05, 0.1) is 29.7 Å². The van der Waals surface area contributed by atoms with Crippen molar-refractivity contribution in [3.63, 3.8) is 0 Å². The van der Waals surface area contributed by atoms with Crippen molar-refractivity contribution >= 4 is 17.4 Å². The highest BCUT2D eigenvalue weighted by atomic mass is 16.3. The zero-order valence-corrected chi connectivity index (χ0v) is 23.9. The Bertz CT molecular complexity index is 1190. The molecule has 1 aromatic carbocycles. The number of amides is 1. The summed E-state index contributed by atoms with van der Waals surface area (Å²) in [6.07, 6.45) is 15.9. The minimum Gasteiger partial charge on any atom is -0.384 e. The van der Waals surface area contributed by atoms with E-state index in [-0.39, 0.29) is 11.8 Å². The number of nitriles is 1. The Morgan fingerprint density at radius 3 is 2.44 bits per heavy atom. The molecule has 7 nitrogen and oxygen atoms in total. The van der Waals surface area contributed by atoms with Gasteiger partial charge in [0, 0.05) is 30.9 Å². The normalized spacial score (nSPS) is 19.9. The summed E-state index contributed by atoms with van der Waals surface area (Å²) in [5.74, 6) is 1.68. The Morgan fingerprint density at radius 2 is 1.85 bits per heavy atom. The Morgan fingerprint density at radius 1 is 1.13 bits per heavy atom. The van der Waals surface area contributed by atoms with Crippen LogP contribution in [0.5, 0.6) is 0 Å². The molecule has 1 amide bonds. The summed E-state index contributed by atoms with van der Waals surface area (Å²) >= 11 is 0. The zero-order valence-electron chi connectivity index (χ0n) is 23.9. The maximum Gasteiger partial charge on any atom is 0.231 e. The monoisotopic (exact) mass is 529 g/mol. The SMILES string of the molecule is CC/C=C\N(CC1CCCC(CN(C(=O)C2CCC2)c2cnc(C(C)(C)O)cn2)C1)c1cc(C#N)ccc1C. The minimum absolute atomic E-state index is 0.0743. The summed E-state index contributed by atoms with van der Waals surface area (Å²) < 4.78 is 0. The zero-order chi connectivity index (χ0) is 28.0. The van der Waals surface area contributed by atoms with Gasteiger partial charge >= 0.3 is 0 Å². The quantitative estimate of drug-likeness (QED) is 0.391. The summed E-state index contributed by atoms with van der Waals surface area (Å²) in [5.41, 5.74) is 2.34. The van der Waals surface area contributed by atoms with Gasteiger partial charge in [-0.2, -0.15) is 5.26 Å². The lowest BCUT2D eigenvalue weighted by Crippen LogP contribution is -2.43. The molecule has 0 aliphatic heterocycles. The maximum atomic E-state index is 13.5. The lowest BCUT2D eigenvalue weighted by molar-refractivity contribution is -0.125. The lowest BCUT2D eigenvalue weighted by atomic mass is 9.80. The minimum atomic E-state index is -1.08. The first-order chi connectivity index (χ1) is 18.7. The fourth-order valence-electron chi connectivity index (χ4n) is 5.68. The number of rotatable bonds is 10. The van der Waals surface area contributed by atoms with Crippen LogP contribution in [-0.2, 0) is 10.4 Å². The standard InChI is InChI=1S/C32H43N5O2/c1-5-6-15-36(28-17-24(18-33)14-13-23(28)2)21-25-9-7-10-26(16-25)22-37(31(38)27-11-8-12-27)30-20-34-29(19-35-30)32(3,4)39/h6,13-15,17,19-20,25-27,39H,5,7-12,16,21-22H2,1-4H3/b15-6-. The smallest absolute Gasteiger partial charge is 0.231 e. The predicted molar refractivity (Wildman–Crippen MR) is 155 cm³/mol. The van der Waals surface area contributed by atoms with Crippen molar-refractivity contribution in [1.82, 2.24) is 9.97 Å². The molecule has 2 aliphatic rings. The first kappa shape index (κ1) is 28.8. The number of hydrogen-bond donors (Lipinski definition) is 1. The van der Waals surface area contributed by atoms with Crippen LogP contribution in [-0.4, -0.2) is 34.1 Å². The third kappa shape index (κ3) is 7.24. The molecule has 0 radical (unpaired) electrons. The van der Waals surface area contributed by atoms with Gasteiger partial charge < -0.3 is 10.0 Å². The van der Waals surface area contributed by atoms with Gasteiger partial charge in [0.15, 0.2) is 5.82 Å². The van der Waals surface area contributed by atoms with Gasteiger partial charge in [-0.1, -0.05) is 31.9 Å². The molecule has 1 heterocycles. The summed E-state index contributed by atoms with van der Waals surface area (Å²) in [6, 6.07) is 8.17. The van der Waals surface area contributed by atoms with Crippen molar-refractivity contribution in [3.8, 4) is 6.07 Å². The highest BCUT2D eigenvalue weighted by Gasteiger charge is 2.34. The third-order valence-corrected chi connectivity index (χ3v) is 8.22. The van der Waals surface area contributed by atoms with E-state index in [0.717, 1.165) is 69.2 Å². The van der Waals surface area contributed by atoms with Gasteiger partial charge in [-0.25, -0.2) is 4.98 Å². The molecule has 2 saturated carbocycles.